The van der Waals surface area contributed by atoms with Crippen LogP contribution >= 0.6 is 0 Å². The van der Waals surface area contributed by atoms with Crippen molar-refractivity contribution in [3.63, 3.8) is 0 Å². The number of β-amino-alcohol motifs (C(OH)–C–C–N with tert-alkyl or cyclic N) is 1. The van der Waals surface area contributed by atoms with Gasteiger partial charge in [0.2, 0.25) is 6.79 Å². The van der Waals surface area contributed by atoms with Gasteiger partial charge >= 0.3 is 0 Å². The number of benzene rings is 2. The van der Waals surface area contributed by atoms with Crippen LogP contribution in [-0.2, 0) is 11.3 Å². The molecule has 0 aromatic heterocycles. The summed E-state index contributed by atoms with van der Waals surface area (Å²) in [4.78, 5) is 16.5. The molecular weight excluding hydrogens is 372 g/mol. The summed E-state index contributed by atoms with van der Waals surface area (Å²) in [5.74, 6) is 1.55. The largest absolute Gasteiger partial charge is 0.454 e. The van der Waals surface area contributed by atoms with E-state index in [1.807, 2.05) is 53.4 Å². The van der Waals surface area contributed by atoms with Crippen molar-refractivity contribution in [1.29, 1.82) is 0 Å². The van der Waals surface area contributed by atoms with Gasteiger partial charge in [-0.2, -0.15) is 0 Å². The van der Waals surface area contributed by atoms with Crippen molar-refractivity contribution >= 4 is 5.91 Å². The van der Waals surface area contributed by atoms with Crippen molar-refractivity contribution in [3.8, 4) is 11.5 Å². The van der Waals surface area contributed by atoms with E-state index >= 15 is 0 Å². The van der Waals surface area contributed by atoms with E-state index in [-0.39, 0.29) is 19.3 Å². The summed E-state index contributed by atoms with van der Waals surface area (Å²) in [7, 11) is 0. The SMILES string of the molecule is O=C(c1ccccc1)N1CCN(C[C@H](O)COCc2ccc3c(c2)OCO3)CC1. The average molecular weight is 398 g/mol. The standard InChI is InChI=1S/C22H26N2O5/c25-19(15-27-14-17-6-7-20-21(12-17)29-16-28-20)13-23-8-10-24(11-9-23)22(26)18-4-2-1-3-5-18/h1-7,12,19,25H,8-11,13-16H2/t19-/m0/s1. The monoisotopic (exact) mass is 398 g/mol. The van der Waals surface area contributed by atoms with Gasteiger partial charge < -0.3 is 24.2 Å². The van der Waals surface area contributed by atoms with Crippen LogP contribution in [0, 0.1) is 0 Å². The Labute approximate surface area is 170 Å². The van der Waals surface area contributed by atoms with Crippen LogP contribution < -0.4 is 9.47 Å². The third-order valence-corrected chi connectivity index (χ3v) is 5.17. The van der Waals surface area contributed by atoms with Gasteiger partial charge in [-0.15, -0.1) is 0 Å². The maximum atomic E-state index is 12.5. The second-order valence-corrected chi connectivity index (χ2v) is 7.32. The molecule has 1 amide bonds. The van der Waals surface area contributed by atoms with Gasteiger partial charge in [-0.3, -0.25) is 9.69 Å². The van der Waals surface area contributed by atoms with E-state index in [1.165, 1.54) is 0 Å². The average Bonchev–Trinajstić information content (AvgIpc) is 3.22. The Balaban J connectivity index is 1.16. The molecule has 1 saturated heterocycles. The molecule has 0 radical (unpaired) electrons. The molecule has 0 aliphatic carbocycles. The summed E-state index contributed by atoms with van der Waals surface area (Å²) >= 11 is 0. The number of aliphatic hydroxyl groups excluding tert-OH is 1. The number of aliphatic hydroxyl groups is 1. The molecule has 2 heterocycles. The van der Waals surface area contributed by atoms with Gasteiger partial charge in [0.05, 0.1) is 19.3 Å². The van der Waals surface area contributed by atoms with Gasteiger partial charge in [-0.25, -0.2) is 0 Å². The van der Waals surface area contributed by atoms with Crippen LogP contribution in [0.15, 0.2) is 48.5 Å². The van der Waals surface area contributed by atoms with Gasteiger partial charge in [-0.05, 0) is 29.8 Å². The van der Waals surface area contributed by atoms with E-state index in [9.17, 15) is 9.90 Å². The fourth-order valence-corrected chi connectivity index (χ4v) is 3.59. The van der Waals surface area contributed by atoms with E-state index in [0.29, 0.717) is 26.2 Å². The first-order valence-corrected chi connectivity index (χ1v) is 9.90. The highest BCUT2D eigenvalue weighted by Gasteiger charge is 2.23. The van der Waals surface area contributed by atoms with Crippen LogP contribution in [0.4, 0.5) is 0 Å². The first-order chi connectivity index (χ1) is 14.2. The van der Waals surface area contributed by atoms with Gasteiger partial charge in [0.1, 0.15) is 0 Å². The molecule has 0 spiro atoms. The first kappa shape index (κ1) is 19.7. The molecule has 2 aliphatic heterocycles. The Hall–Kier alpha value is -2.61. The van der Waals surface area contributed by atoms with Gasteiger partial charge in [0, 0.05) is 38.3 Å². The molecule has 1 fully saturated rings. The number of hydrogen-bond acceptors (Lipinski definition) is 6. The Bertz CT molecular complexity index is 821. The highest BCUT2D eigenvalue weighted by atomic mass is 16.7. The van der Waals surface area contributed by atoms with Gasteiger partial charge in [-0.1, -0.05) is 24.3 Å². The second kappa shape index (κ2) is 9.26. The van der Waals surface area contributed by atoms with Crippen LogP contribution in [0.3, 0.4) is 0 Å². The Morgan fingerprint density at radius 2 is 1.79 bits per heavy atom. The topological polar surface area (TPSA) is 71.5 Å². The normalized spacial score (nSPS) is 17.3. The Morgan fingerprint density at radius 1 is 1.03 bits per heavy atom. The summed E-state index contributed by atoms with van der Waals surface area (Å²) in [5.41, 5.74) is 1.70. The molecule has 2 aromatic rings. The lowest BCUT2D eigenvalue weighted by Gasteiger charge is -2.35. The molecule has 0 unspecified atom stereocenters. The molecule has 7 heteroatoms. The van der Waals surface area contributed by atoms with E-state index in [0.717, 1.165) is 35.7 Å². The van der Waals surface area contributed by atoms with Crippen LogP contribution in [-0.4, -0.2) is 73.0 Å². The smallest absolute Gasteiger partial charge is 0.253 e. The summed E-state index contributed by atoms with van der Waals surface area (Å²) in [6, 6.07) is 15.1. The number of carbonyl (C=O) groups is 1. The lowest BCUT2D eigenvalue weighted by molar-refractivity contribution is 0.00204. The van der Waals surface area contributed by atoms with Crippen LogP contribution in [0.5, 0.6) is 11.5 Å². The molecule has 1 N–H and O–H groups in total. The fraction of sp³-hybridized carbons (Fsp3) is 0.409. The quantitative estimate of drug-likeness (QED) is 0.766. The van der Waals surface area contributed by atoms with Crippen molar-refractivity contribution in [2.45, 2.75) is 12.7 Å². The number of hydrogen-bond donors (Lipinski definition) is 1. The zero-order valence-corrected chi connectivity index (χ0v) is 16.3. The lowest BCUT2D eigenvalue weighted by atomic mass is 10.2. The molecule has 2 aromatic carbocycles. The molecule has 0 saturated carbocycles. The van der Waals surface area contributed by atoms with Crippen molar-refractivity contribution in [2.24, 2.45) is 0 Å². The zero-order valence-electron chi connectivity index (χ0n) is 16.3. The molecule has 0 bridgehead atoms. The van der Waals surface area contributed by atoms with Crippen molar-refractivity contribution < 1.29 is 24.1 Å². The molecule has 1 atom stereocenters. The molecule has 4 rings (SSSR count). The van der Waals surface area contributed by atoms with E-state index < -0.39 is 6.10 Å². The summed E-state index contributed by atoms with van der Waals surface area (Å²) in [6.07, 6.45) is -0.569. The van der Waals surface area contributed by atoms with Crippen LogP contribution in [0.1, 0.15) is 15.9 Å². The zero-order chi connectivity index (χ0) is 20.1. The predicted molar refractivity (Wildman–Crippen MR) is 107 cm³/mol. The predicted octanol–water partition coefficient (Wildman–Crippen LogP) is 1.75. The molecular formula is C22H26N2O5. The third-order valence-electron chi connectivity index (χ3n) is 5.17. The maximum absolute atomic E-state index is 12.5. The van der Waals surface area contributed by atoms with Crippen molar-refractivity contribution in [1.82, 2.24) is 9.80 Å². The van der Waals surface area contributed by atoms with Gasteiger partial charge in [0.25, 0.3) is 5.91 Å². The minimum atomic E-state index is -0.569. The lowest BCUT2D eigenvalue weighted by Crippen LogP contribution is -2.50. The van der Waals surface area contributed by atoms with E-state index in [4.69, 9.17) is 14.2 Å². The number of rotatable bonds is 7. The van der Waals surface area contributed by atoms with Crippen molar-refractivity contribution in [2.75, 3.05) is 46.1 Å². The fourth-order valence-electron chi connectivity index (χ4n) is 3.59. The number of ether oxygens (including phenoxy) is 3. The number of fused-ring (bicyclic) bond motifs is 1. The van der Waals surface area contributed by atoms with Crippen molar-refractivity contribution in [3.05, 3.63) is 59.7 Å². The van der Waals surface area contributed by atoms with Gasteiger partial charge in [0.15, 0.2) is 11.5 Å². The first-order valence-electron chi connectivity index (χ1n) is 9.90. The number of amides is 1. The molecule has 29 heavy (non-hydrogen) atoms. The molecule has 7 nitrogen and oxygen atoms in total. The van der Waals surface area contributed by atoms with Crippen LogP contribution in [0.25, 0.3) is 0 Å². The third kappa shape index (κ3) is 5.06. The molecule has 154 valence electrons. The number of piperazine rings is 1. The Morgan fingerprint density at radius 3 is 2.59 bits per heavy atom. The summed E-state index contributed by atoms with van der Waals surface area (Å²) in [5, 5.41) is 10.3. The summed E-state index contributed by atoms with van der Waals surface area (Å²) in [6.45, 7) is 4.29. The Kier molecular flexibility index (Phi) is 6.29. The highest BCUT2D eigenvalue weighted by molar-refractivity contribution is 5.94. The number of carbonyl (C=O) groups excluding carboxylic acids is 1. The summed E-state index contributed by atoms with van der Waals surface area (Å²) < 4.78 is 16.3. The maximum Gasteiger partial charge on any atom is 0.253 e. The number of nitrogens with zero attached hydrogens (tertiary/aromatic N) is 2. The second-order valence-electron chi connectivity index (χ2n) is 7.32. The minimum absolute atomic E-state index is 0.0675. The minimum Gasteiger partial charge on any atom is -0.454 e. The highest BCUT2D eigenvalue weighted by Crippen LogP contribution is 2.32. The molecule has 2 aliphatic rings. The van der Waals surface area contributed by atoms with Crippen LogP contribution in [0.2, 0.25) is 0 Å². The van der Waals surface area contributed by atoms with E-state index in [2.05, 4.69) is 4.90 Å². The van der Waals surface area contributed by atoms with E-state index in [1.54, 1.807) is 0 Å².